The van der Waals surface area contributed by atoms with Gasteiger partial charge in [-0.05, 0) is 37.5 Å². The zero-order valence-electron chi connectivity index (χ0n) is 11.9. The number of nitrogens with one attached hydrogen (secondary N) is 1. The zero-order valence-corrected chi connectivity index (χ0v) is 11.9. The second-order valence-electron chi connectivity index (χ2n) is 5.20. The van der Waals surface area contributed by atoms with Crippen molar-refractivity contribution >= 4 is 0 Å². The Morgan fingerprint density at radius 2 is 1.70 bits per heavy atom. The molecule has 0 saturated heterocycles. The van der Waals surface area contributed by atoms with Crippen LogP contribution in [0, 0.1) is 6.92 Å². The number of phenolic OH excluding ortho intramolecular Hbond substituents is 2. The Hall–Kier alpha value is -2.00. The van der Waals surface area contributed by atoms with Crippen LogP contribution in [0.4, 0.5) is 0 Å². The van der Waals surface area contributed by atoms with Gasteiger partial charge in [-0.3, -0.25) is 0 Å². The summed E-state index contributed by atoms with van der Waals surface area (Å²) in [4.78, 5) is 0. The van der Waals surface area contributed by atoms with Crippen molar-refractivity contribution in [3.05, 3.63) is 59.2 Å². The SMILES string of the molecule is Cc1ccccc1CC(C)NCc1cccc(O)c1O. The highest BCUT2D eigenvalue weighted by atomic mass is 16.3. The third-order valence-corrected chi connectivity index (χ3v) is 3.53. The summed E-state index contributed by atoms with van der Waals surface area (Å²) in [5.74, 6) is -0.112. The summed E-state index contributed by atoms with van der Waals surface area (Å²) >= 11 is 0. The average Bonchev–Trinajstić information content (AvgIpc) is 2.43. The first-order chi connectivity index (χ1) is 9.58. The van der Waals surface area contributed by atoms with Gasteiger partial charge in [-0.25, -0.2) is 0 Å². The van der Waals surface area contributed by atoms with E-state index in [1.54, 1.807) is 6.07 Å². The Morgan fingerprint density at radius 1 is 1.00 bits per heavy atom. The summed E-state index contributed by atoms with van der Waals surface area (Å²) in [6, 6.07) is 13.7. The van der Waals surface area contributed by atoms with Crippen LogP contribution in [0.15, 0.2) is 42.5 Å². The monoisotopic (exact) mass is 271 g/mol. The lowest BCUT2D eigenvalue weighted by Crippen LogP contribution is -2.27. The summed E-state index contributed by atoms with van der Waals surface area (Å²) in [5, 5.41) is 22.6. The molecule has 0 aliphatic carbocycles. The minimum absolute atomic E-state index is 0.0388. The number of hydrogen-bond donors (Lipinski definition) is 3. The van der Waals surface area contributed by atoms with E-state index in [2.05, 4.69) is 37.4 Å². The Balaban J connectivity index is 1.94. The van der Waals surface area contributed by atoms with Crippen molar-refractivity contribution in [1.29, 1.82) is 0 Å². The van der Waals surface area contributed by atoms with Crippen LogP contribution in [-0.4, -0.2) is 16.3 Å². The third-order valence-electron chi connectivity index (χ3n) is 3.53. The Labute approximate surface area is 119 Å². The van der Waals surface area contributed by atoms with Crippen molar-refractivity contribution in [3.8, 4) is 11.5 Å². The third kappa shape index (κ3) is 3.52. The van der Waals surface area contributed by atoms with Crippen molar-refractivity contribution in [2.75, 3.05) is 0 Å². The summed E-state index contributed by atoms with van der Waals surface area (Å²) < 4.78 is 0. The van der Waals surface area contributed by atoms with E-state index in [4.69, 9.17) is 0 Å². The van der Waals surface area contributed by atoms with Crippen LogP contribution < -0.4 is 5.32 Å². The summed E-state index contributed by atoms with van der Waals surface area (Å²) in [6.07, 6.45) is 0.937. The minimum Gasteiger partial charge on any atom is -0.504 e. The number of aryl methyl sites for hydroxylation is 1. The van der Waals surface area contributed by atoms with Gasteiger partial charge in [-0.2, -0.15) is 0 Å². The molecule has 106 valence electrons. The Kier molecular flexibility index (Phi) is 4.64. The molecule has 3 N–H and O–H groups in total. The first-order valence-corrected chi connectivity index (χ1v) is 6.85. The van der Waals surface area contributed by atoms with Crippen LogP contribution in [0.2, 0.25) is 0 Å². The molecule has 2 rings (SSSR count). The van der Waals surface area contributed by atoms with E-state index in [0.29, 0.717) is 12.1 Å². The molecule has 0 bridgehead atoms. The van der Waals surface area contributed by atoms with E-state index < -0.39 is 0 Å². The normalized spacial score (nSPS) is 12.3. The van der Waals surface area contributed by atoms with Gasteiger partial charge in [0.25, 0.3) is 0 Å². The van der Waals surface area contributed by atoms with Crippen LogP contribution in [-0.2, 0) is 13.0 Å². The molecule has 0 spiro atoms. The largest absolute Gasteiger partial charge is 0.504 e. The van der Waals surface area contributed by atoms with Gasteiger partial charge in [0, 0.05) is 18.2 Å². The summed E-state index contributed by atoms with van der Waals surface area (Å²) in [5.41, 5.74) is 3.33. The van der Waals surface area contributed by atoms with E-state index in [9.17, 15) is 10.2 Å². The number of phenols is 2. The van der Waals surface area contributed by atoms with Crippen molar-refractivity contribution in [3.63, 3.8) is 0 Å². The molecular formula is C17H21NO2. The van der Waals surface area contributed by atoms with Crippen molar-refractivity contribution in [1.82, 2.24) is 5.32 Å². The number of rotatable bonds is 5. The lowest BCUT2D eigenvalue weighted by atomic mass is 10.0. The lowest BCUT2D eigenvalue weighted by molar-refractivity contribution is 0.396. The van der Waals surface area contributed by atoms with Gasteiger partial charge in [0.2, 0.25) is 0 Å². The molecule has 0 aliphatic rings. The van der Waals surface area contributed by atoms with Gasteiger partial charge in [0.15, 0.2) is 11.5 Å². The van der Waals surface area contributed by atoms with Gasteiger partial charge in [0.1, 0.15) is 0 Å². The molecule has 3 nitrogen and oxygen atoms in total. The number of para-hydroxylation sites is 1. The van der Waals surface area contributed by atoms with Crippen LogP contribution in [0.3, 0.4) is 0 Å². The molecule has 1 atom stereocenters. The molecule has 0 amide bonds. The minimum atomic E-state index is -0.0733. The number of aromatic hydroxyl groups is 2. The molecule has 0 radical (unpaired) electrons. The van der Waals surface area contributed by atoms with Crippen molar-refractivity contribution < 1.29 is 10.2 Å². The maximum Gasteiger partial charge on any atom is 0.161 e. The zero-order chi connectivity index (χ0) is 14.5. The fourth-order valence-electron chi connectivity index (χ4n) is 2.25. The fraction of sp³-hybridized carbons (Fsp3) is 0.294. The first kappa shape index (κ1) is 14.4. The number of benzene rings is 2. The molecule has 1 unspecified atom stereocenters. The second kappa shape index (κ2) is 6.44. The van der Waals surface area contributed by atoms with Crippen LogP contribution >= 0.6 is 0 Å². The molecule has 0 aromatic heterocycles. The van der Waals surface area contributed by atoms with E-state index in [0.717, 1.165) is 6.42 Å². The molecule has 0 saturated carbocycles. The van der Waals surface area contributed by atoms with E-state index in [1.807, 2.05) is 12.1 Å². The van der Waals surface area contributed by atoms with E-state index in [-0.39, 0.29) is 17.5 Å². The van der Waals surface area contributed by atoms with Gasteiger partial charge in [-0.1, -0.05) is 36.4 Å². The quantitative estimate of drug-likeness (QED) is 0.732. The average molecular weight is 271 g/mol. The maximum absolute atomic E-state index is 9.75. The lowest BCUT2D eigenvalue weighted by Gasteiger charge is -2.16. The highest BCUT2D eigenvalue weighted by molar-refractivity contribution is 5.44. The Morgan fingerprint density at radius 3 is 2.45 bits per heavy atom. The molecule has 3 heteroatoms. The highest BCUT2D eigenvalue weighted by Gasteiger charge is 2.08. The van der Waals surface area contributed by atoms with Gasteiger partial charge < -0.3 is 15.5 Å². The summed E-state index contributed by atoms with van der Waals surface area (Å²) in [7, 11) is 0. The maximum atomic E-state index is 9.75. The van der Waals surface area contributed by atoms with Gasteiger partial charge in [0.05, 0.1) is 0 Å². The first-order valence-electron chi connectivity index (χ1n) is 6.85. The van der Waals surface area contributed by atoms with Crippen molar-refractivity contribution in [2.24, 2.45) is 0 Å². The molecule has 0 heterocycles. The smallest absolute Gasteiger partial charge is 0.161 e. The predicted octanol–water partition coefficient (Wildman–Crippen LogP) is 3.13. The van der Waals surface area contributed by atoms with Crippen LogP contribution in [0.1, 0.15) is 23.6 Å². The van der Waals surface area contributed by atoms with Crippen LogP contribution in [0.25, 0.3) is 0 Å². The predicted molar refractivity (Wildman–Crippen MR) is 81.0 cm³/mol. The molecule has 2 aromatic carbocycles. The standard InChI is InChI=1S/C17H21NO2/c1-12-6-3-4-7-14(12)10-13(2)18-11-15-8-5-9-16(19)17(15)20/h3-9,13,18-20H,10-11H2,1-2H3. The molecule has 20 heavy (non-hydrogen) atoms. The van der Waals surface area contributed by atoms with Crippen molar-refractivity contribution in [2.45, 2.75) is 32.9 Å². The van der Waals surface area contributed by atoms with E-state index in [1.165, 1.54) is 17.2 Å². The van der Waals surface area contributed by atoms with Gasteiger partial charge >= 0.3 is 0 Å². The Bertz CT molecular complexity index is 581. The summed E-state index contributed by atoms with van der Waals surface area (Å²) in [6.45, 7) is 4.77. The fourth-order valence-corrected chi connectivity index (χ4v) is 2.25. The number of hydrogen-bond acceptors (Lipinski definition) is 3. The van der Waals surface area contributed by atoms with Crippen LogP contribution in [0.5, 0.6) is 11.5 Å². The molecule has 2 aromatic rings. The van der Waals surface area contributed by atoms with E-state index >= 15 is 0 Å². The molecule has 0 fully saturated rings. The highest BCUT2D eigenvalue weighted by Crippen LogP contribution is 2.28. The van der Waals surface area contributed by atoms with Gasteiger partial charge in [-0.15, -0.1) is 0 Å². The molecule has 0 aliphatic heterocycles. The second-order valence-corrected chi connectivity index (χ2v) is 5.20. The topological polar surface area (TPSA) is 52.5 Å². The molecular weight excluding hydrogens is 250 g/mol.